The zero-order chi connectivity index (χ0) is 13.7. The molecule has 0 amide bonds. The predicted molar refractivity (Wildman–Crippen MR) is 80.3 cm³/mol. The molecule has 19 heavy (non-hydrogen) atoms. The van der Waals surface area contributed by atoms with Crippen LogP contribution in [0.25, 0.3) is 0 Å². The predicted octanol–water partition coefficient (Wildman–Crippen LogP) is 2.41. The van der Waals surface area contributed by atoms with E-state index in [1.54, 1.807) is 11.3 Å². The molecule has 0 aliphatic heterocycles. The molecule has 6 heteroatoms. The Morgan fingerprint density at radius 1 is 1.42 bits per heavy atom. The summed E-state index contributed by atoms with van der Waals surface area (Å²) in [5, 5.41) is 2.08. The van der Waals surface area contributed by atoms with Gasteiger partial charge in [0.2, 0.25) is 0 Å². The number of anilines is 2. The third-order valence-electron chi connectivity index (χ3n) is 2.74. The molecule has 0 aromatic carbocycles. The third-order valence-corrected chi connectivity index (χ3v) is 3.61. The number of nitrogens with zero attached hydrogens (tertiary/aromatic N) is 3. The van der Waals surface area contributed by atoms with E-state index in [9.17, 15) is 0 Å². The average Bonchev–Trinajstić information content (AvgIpc) is 2.91. The summed E-state index contributed by atoms with van der Waals surface area (Å²) in [7, 11) is 2.03. The van der Waals surface area contributed by atoms with Crippen LogP contribution in [0.1, 0.15) is 24.0 Å². The summed E-state index contributed by atoms with van der Waals surface area (Å²) in [6.45, 7) is 2.95. The Balaban J connectivity index is 2.19. The molecular weight excluding hydrogens is 258 g/mol. The van der Waals surface area contributed by atoms with Gasteiger partial charge in [-0.05, 0) is 17.9 Å². The second-order valence-electron chi connectivity index (χ2n) is 4.36. The van der Waals surface area contributed by atoms with Crippen LogP contribution in [-0.4, -0.2) is 17.0 Å². The number of aryl methyl sites for hydroxylation is 1. The fourth-order valence-electron chi connectivity index (χ4n) is 1.81. The van der Waals surface area contributed by atoms with Crippen LogP contribution in [0.2, 0.25) is 0 Å². The van der Waals surface area contributed by atoms with E-state index in [0.717, 1.165) is 31.0 Å². The van der Waals surface area contributed by atoms with Crippen molar-refractivity contribution < 1.29 is 0 Å². The average molecular weight is 277 g/mol. The standard InChI is InChI=1S/C13H19N5S/c1-3-5-11-15-12(17-14)8-13(16-11)18(2)9-10-6-4-7-19-10/h4,6-8H,3,5,9,14H2,1-2H3,(H,15,16,17). The lowest BCUT2D eigenvalue weighted by Crippen LogP contribution is -2.19. The van der Waals surface area contributed by atoms with Crippen molar-refractivity contribution in [2.24, 2.45) is 5.84 Å². The molecule has 0 aliphatic carbocycles. The van der Waals surface area contributed by atoms with E-state index >= 15 is 0 Å². The highest BCUT2D eigenvalue weighted by atomic mass is 32.1. The van der Waals surface area contributed by atoms with Crippen LogP contribution < -0.4 is 16.2 Å². The van der Waals surface area contributed by atoms with Crippen molar-refractivity contribution in [3.63, 3.8) is 0 Å². The quantitative estimate of drug-likeness (QED) is 0.627. The van der Waals surface area contributed by atoms with Crippen LogP contribution in [0, 0.1) is 0 Å². The highest BCUT2D eigenvalue weighted by molar-refractivity contribution is 7.09. The van der Waals surface area contributed by atoms with E-state index < -0.39 is 0 Å². The van der Waals surface area contributed by atoms with Crippen molar-refractivity contribution >= 4 is 23.0 Å². The largest absolute Gasteiger partial charge is 0.354 e. The Bertz CT molecular complexity index is 512. The summed E-state index contributed by atoms with van der Waals surface area (Å²) in [5.74, 6) is 7.84. The van der Waals surface area contributed by atoms with Gasteiger partial charge in [0.15, 0.2) is 0 Å². The minimum atomic E-state index is 0.659. The lowest BCUT2D eigenvalue weighted by Gasteiger charge is -2.18. The first-order chi connectivity index (χ1) is 9.22. The van der Waals surface area contributed by atoms with Crippen LogP contribution in [0.5, 0.6) is 0 Å². The Labute approximate surface area is 117 Å². The number of nitrogens with two attached hydrogens (primary N) is 1. The van der Waals surface area contributed by atoms with Gasteiger partial charge in [0, 0.05) is 24.4 Å². The summed E-state index contributed by atoms with van der Waals surface area (Å²) in [5.41, 5.74) is 2.60. The lowest BCUT2D eigenvalue weighted by atomic mass is 10.3. The lowest BCUT2D eigenvalue weighted by molar-refractivity contribution is 0.815. The Hall–Kier alpha value is -1.66. The first-order valence-electron chi connectivity index (χ1n) is 6.31. The van der Waals surface area contributed by atoms with Gasteiger partial charge in [0.25, 0.3) is 0 Å². The molecule has 0 unspecified atom stereocenters. The van der Waals surface area contributed by atoms with E-state index in [4.69, 9.17) is 5.84 Å². The molecule has 0 fully saturated rings. The van der Waals surface area contributed by atoms with Gasteiger partial charge in [0.05, 0.1) is 6.54 Å². The highest BCUT2D eigenvalue weighted by Crippen LogP contribution is 2.19. The molecule has 5 nitrogen and oxygen atoms in total. The van der Waals surface area contributed by atoms with Gasteiger partial charge >= 0.3 is 0 Å². The Kier molecular flexibility index (Phi) is 4.70. The van der Waals surface area contributed by atoms with Gasteiger partial charge in [-0.25, -0.2) is 15.8 Å². The first-order valence-corrected chi connectivity index (χ1v) is 7.19. The molecule has 2 rings (SSSR count). The van der Waals surface area contributed by atoms with Crippen LogP contribution in [-0.2, 0) is 13.0 Å². The van der Waals surface area contributed by atoms with Crippen molar-refractivity contribution in [1.29, 1.82) is 0 Å². The number of hydrogen-bond acceptors (Lipinski definition) is 6. The van der Waals surface area contributed by atoms with Gasteiger partial charge in [-0.2, -0.15) is 0 Å². The van der Waals surface area contributed by atoms with Crippen LogP contribution >= 0.6 is 11.3 Å². The fourth-order valence-corrected chi connectivity index (χ4v) is 2.56. The summed E-state index contributed by atoms with van der Waals surface area (Å²) >= 11 is 1.74. The van der Waals surface area contributed by atoms with Gasteiger partial charge in [-0.1, -0.05) is 13.0 Å². The molecule has 102 valence electrons. The van der Waals surface area contributed by atoms with E-state index in [-0.39, 0.29) is 0 Å². The molecule has 0 aliphatic rings. The second-order valence-corrected chi connectivity index (χ2v) is 5.39. The summed E-state index contributed by atoms with van der Waals surface area (Å²) < 4.78 is 0. The highest BCUT2D eigenvalue weighted by Gasteiger charge is 2.08. The van der Waals surface area contributed by atoms with E-state index in [2.05, 4.69) is 44.7 Å². The Morgan fingerprint density at radius 3 is 2.89 bits per heavy atom. The topological polar surface area (TPSA) is 67.1 Å². The second kappa shape index (κ2) is 6.49. The minimum absolute atomic E-state index is 0.659. The maximum absolute atomic E-state index is 5.46. The number of hydrazine groups is 1. The van der Waals surface area contributed by atoms with Gasteiger partial charge in [-0.15, -0.1) is 11.3 Å². The van der Waals surface area contributed by atoms with E-state index in [1.165, 1.54) is 4.88 Å². The molecule has 0 spiro atoms. The van der Waals surface area contributed by atoms with Gasteiger partial charge < -0.3 is 10.3 Å². The number of aromatic nitrogens is 2. The van der Waals surface area contributed by atoms with Crippen molar-refractivity contribution in [2.75, 3.05) is 17.4 Å². The third kappa shape index (κ3) is 3.65. The number of thiophene rings is 1. The number of nitrogens with one attached hydrogen (secondary N) is 1. The zero-order valence-corrected chi connectivity index (χ0v) is 12.1. The molecule has 2 aromatic heterocycles. The van der Waals surface area contributed by atoms with E-state index in [1.807, 2.05) is 13.1 Å². The molecule has 0 saturated heterocycles. The molecular formula is C13H19N5S. The molecule has 0 bridgehead atoms. The van der Waals surface area contributed by atoms with E-state index in [0.29, 0.717) is 5.82 Å². The SMILES string of the molecule is CCCc1nc(NN)cc(N(C)Cc2cccs2)n1. The number of nitrogen functional groups attached to an aromatic ring is 1. The maximum atomic E-state index is 5.46. The van der Waals surface area contributed by atoms with Gasteiger partial charge in [-0.3, -0.25) is 0 Å². The van der Waals surface area contributed by atoms with Crippen molar-refractivity contribution in [2.45, 2.75) is 26.3 Å². The Morgan fingerprint density at radius 2 is 2.26 bits per heavy atom. The normalized spacial score (nSPS) is 10.5. The van der Waals surface area contributed by atoms with Crippen molar-refractivity contribution in [1.82, 2.24) is 9.97 Å². The number of hydrogen-bond donors (Lipinski definition) is 2. The summed E-state index contributed by atoms with van der Waals surface area (Å²) in [6.07, 6.45) is 1.87. The molecule has 0 radical (unpaired) electrons. The monoisotopic (exact) mass is 277 g/mol. The summed E-state index contributed by atoms with van der Waals surface area (Å²) in [6, 6.07) is 6.05. The smallest absolute Gasteiger partial charge is 0.145 e. The van der Waals surface area contributed by atoms with Crippen LogP contribution in [0.15, 0.2) is 23.6 Å². The molecule has 2 aromatic rings. The summed E-state index contributed by atoms with van der Waals surface area (Å²) in [4.78, 5) is 12.3. The maximum Gasteiger partial charge on any atom is 0.145 e. The zero-order valence-electron chi connectivity index (χ0n) is 11.3. The number of rotatable bonds is 6. The van der Waals surface area contributed by atoms with Crippen molar-refractivity contribution in [3.8, 4) is 0 Å². The molecule has 0 saturated carbocycles. The van der Waals surface area contributed by atoms with Crippen LogP contribution in [0.4, 0.5) is 11.6 Å². The van der Waals surface area contributed by atoms with Crippen molar-refractivity contribution in [3.05, 3.63) is 34.3 Å². The first kappa shape index (κ1) is 13.8. The molecule has 0 atom stereocenters. The molecule has 3 N–H and O–H groups in total. The molecule has 2 heterocycles. The van der Waals surface area contributed by atoms with Crippen LogP contribution in [0.3, 0.4) is 0 Å². The van der Waals surface area contributed by atoms with Gasteiger partial charge in [0.1, 0.15) is 17.5 Å². The minimum Gasteiger partial charge on any atom is -0.354 e. The fraction of sp³-hybridized carbons (Fsp3) is 0.385.